The van der Waals surface area contributed by atoms with E-state index in [-0.39, 0.29) is 6.61 Å². The molecule has 0 bridgehead atoms. The number of rotatable bonds is 7. The second-order valence-corrected chi connectivity index (χ2v) is 3.51. The number of hydrogen-bond donors (Lipinski definition) is 2. The Labute approximate surface area is 101 Å². The van der Waals surface area contributed by atoms with Crippen LogP contribution in [0.15, 0.2) is 18.2 Å². The highest BCUT2D eigenvalue weighted by Gasteiger charge is 2.06. The Morgan fingerprint density at radius 3 is 2.82 bits per heavy atom. The van der Waals surface area contributed by atoms with Gasteiger partial charge in [0.25, 0.3) is 5.91 Å². The number of hydrogen-bond acceptors (Lipinski definition) is 4. The van der Waals surface area contributed by atoms with Gasteiger partial charge in [0.05, 0.1) is 7.11 Å². The molecule has 0 heterocycles. The molecule has 0 atom stereocenters. The average molecular weight is 238 g/mol. The predicted octanol–water partition coefficient (Wildman–Crippen LogP) is 0.669. The molecule has 0 saturated carbocycles. The molecule has 1 rings (SSSR count). The summed E-state index contributed by atoms with van der Waals surface area (Å²) in [5.74, 6) is 0.802. The van der Waals surface area contributed by atoms with Gasteiger partial charge >= 0.3 is 0 Å². The standard InChI is InChI=1S/C12H18N2O3/c1-3-14-7-9-4-5-10(16-2)6-11(9)17-8-12(13)15/h4-6,14H,3,7-8H2,1-2H3,(H2,13,15). The molecule has 1 aromatic rings. The predicted molar refractivity (Wildman–Crippen MR) is 65.1 cm³/mol. The number of carbonyl (C=O) groups is 1. The SMILES string of the molecule is CCNCc1ccc(OC)cc1OCC(N)=O. The Hall–Kier alpha value is -1.75. The molecule has 1 aromatic carbocycles. The van der Waals surface area contributed by atoms with Crippen LogP contribution in [0.1, 0.15) is 12.5 Å². The van der Waals surface area contributed by atoms with Crippen molar-refractivity contribution in [3.8, 4) is 11.5 Å². The Morgan fingerprint density at radius 1 is 1.47 bits per heavy atom. The summed E-state index contributed by atoms with van der Waals surface area (Å²) >= 11 is 0. The molecule has 17 heavy (non-hydrogen) atoms. The first kappa shape index (κ1) is 13.3. The summed E-state index contributed by atoms with van der Waals surface area (Å²) in [4.78, 5) is 10.7. The van der Waals surface area contributed by atoms with Crippen molar-refractivity contribution in [1.29, 1.82) is 0 Å². The van der Waals surface area contributed by atoms with Crippen molar-refractivity contribution in [2.24, 2.45) is 5.73 Å². The van der Waals surface area contributed by atoms with E-state index in [2.05, 4.69) is 5.32 Å². The average Bonchev–Trinajstić information content (AvgIpc) is 2.34. The van der Waals surface area contributed by atoms with Crippen LogP contribution in [-0.4, -0.2) is 26.2 Å². The van der Waals surface area contributed by atoms with Crippen LogP contribution in [0, 0.1) is 0 Å². The lowest BCUT2D eigenvalue weighted by Crippen LogP contribution is -2.21. The van der Waals surface area contributed by atoms with Crippen molar-refractivity contribution in [2.75, 3.05) is 20.3 Å². The molecule has 0 aromatic heterocycles. The Bertz CT molecular complexity index is 380. The molecule has 0 unspecified atom stereocenters. The minimum atomic E-state index is -0.498. The molecule has 0 spiro atoms. The third-order valence-electron chi connectivity index (χ3n) is 2.21. The van der Waals surface area contributed by atoms with Crippen molar-refractivity contribution in [1.82, 2.24) is 5.32 Å². The summed E-state index contributed by atoms with van der Waals surface area (Å²) in [6.45, 7) is 3.43. The molecule has 0 radical (unpaired) electrons. The van der Waals surface area contributed by atoms with Gasteiger partial charge in [-0.25, -0.2) is 0 Å². The van der Waals surface area contributed by atoms with Gasteiger partial charge in [-0.1, -0.05) is 13.0 Å². The lowest BCUT2D eigenvalue weighted by molar-refractivity contribution is -0.119. The molecule has 94 valence electrons. The van der Waals surface area contributed by atoms with Crippen LogP contribution in [0.25, 0.3) is 0 Å². The molecule has 0 aliphatic heterocycles. The van der Waals surface area contributed by atoms with Crippen LogP contribution in [0.4, 0.5) is 0 Å². The summed E-state index contributed by atoms with van der Waals surface area (Å²) in [5, 5.41) is 3.19. The first-order chi connectivity index (χ1) is 8.17. The summed E-state index contributed by atoms with van der Waals surface area (Å²) in [5.41, 5.74) is 6.02. The highest BCUT2D eigenvalue weighted by atomic mass is 16.5. The van der Waals surface area contributed by atoms with Crippen LogP contribution < -0.4 is 20.5 Å². The topological polar surface area (TPSA) is 73.6 Å². The van der Waals surface area contributed by atoms with Gasteiger partial charge in [0.15, 0.2) is 6.61 Å². The summed E-state index contributed by atoms with van der Waals surface area (Å²) < 4.78 is 10.4. The van der Waals surface area contributed by atoms with E-state index in [4.69, 9.17) is 15.2 Å². The Morgan fingerprint density at radius 2 is 2.24 bits per heavy atom. The first-order valence-corrected chi connectivity index (χ1v) is 5.46. The highest BCUT2D eigenvalue weighted by Crippen LogP contribution is 2.24. The summed E-state index contributed by atoms with van der Waals surface area (Å²) in [6.07, 6.45) is 0. The van der Waals surface area contributed by atoms with Gasteiger partial charge in [0.2, 0.25) is 0 Å². The molecule has 5 heteroatoms. The van der Waals surface area contributed by atoms with Gasteiger partial charge in [-0.05, 0) is 12.6 Å². The molecule has 0 aliphatic rings. The number of methoxy groups -OCH3 is 1. The van der Waals surface area contributed by atoms with Crippen molar-refractivity contribution >= 4 is 5.91 Å². The van der Waals surface area contributed by atoms with Crippen molar-refractivity contribution in [2.45, 2.75) is 13.5 Å². The minimum absolute atomic E-state index is 0.133. The van der Waals surface area contributed by atoms with E-state index in [1.165, 1.54) is 0 Å². The van der Waals surface area contributed by atoms with Crippen LogP contribution in [0.2, 0.25) is 0 Å². The van der Waals surface area contributed by atoms with Gasteiger partial charge in [0, 0.05) is 18.2 Å². The van der Waals surface area contributed by atoms with E-state index >= 15 is 0 Å². The lowest BCUT2D eigenvalue weighted by Gasteiger charge is -2.12. The highest BCUT2D eigenvalue weighted by molar-refractivity contribution is 5.75. The van der Waals surface area contributed by atoms with E-state index in [0.29, 0.717) is 18.0 Å². The molecular weight excluding hydrogens is 220 g/mol. The van der Waals surface area contributed by atoms with E-state index in [0.717, 1.165) is 12.1 Å². The fourth-order valence-electron chi connectivity index (χ4n) is 1.35. The largest absolute Gasteiger partial charge is 0.497 e. The normalized spacial score (nSPS) is 10.0. The maximum Gasteiger partial charge on any atom is 0.255 e. The third-order valence-corrected chi connectivity index (χ3v) is 2.21. The summed E-state index contributed by atoms with van der Waals surface area (Å²) in [6, 6.07) is 5.50. The number of amides is 1. The van der Waals surface area contributed by atoms with Gasteiger partial charge in [-0.3, -0.25) is 4.79 Å². The van der Waals surface area contributed by atoms with Crippen LogP contribution in [-0.2, 0) is 11.3 Å². The van der Waals surface area contributed by atoms with E-state index in [9.17, 15) is 4.79 Å². The Kier molecular flexibility index (Phi) is 5.29. The van der Waals surface area contributed by atoms with Gasteiger partial charge in [-0.15, -0.1) is 0 Å². The van der Waals surface area contributed by atoms with E-state index in [1.54, 1.807) is 13.2 Å². The molecular formula is C12H18N2O3. The Balaban J connectivity index is 2.82. The first-order valence-electron chi connectivity index (χ1n) is 5.46. The van der Waals surface area contributed by atoms with Gasteiger partial charge < -0.3 is 20.5 Å². The third kappa shape index (κ3) is 4.32. The molecule has 0 saturated heterocycles. The maximum atomic E-state index is 10.7. The van der Waals surface area contributed by atoms with Gasteiger partial charge in [0.1, 0.15) is 11.5 Å². The second-order valence-electron chi connectivity index (χ2n) is 3.51. The maximum absolute atomic E-state index is 10.7. The zero-order chi connectivity index (χ0) is 12.7. The van der Waals surface area contributed by atoms with E-state index < -0.39 is 5.91 Å². The van der Waals surface area contributed by atoms with Crippen molar-refractivity contribution in [3.63, 3.8) is 0 Å². The molecule has 1 amide bonds. The zero-order valence-corrected chi connectivity index (χ0v) is 10.2. The zero-order valence-electron chi connectivity index (χ0n) is 10.2. The van der Waals surface area contributed by atoms with Crippen LogP contribution >= 0.6 is 0 Å². The molecule has 5 nitrogen and oxygen atoms in total. The fraction of sp³-hybridized carbons (Fsp3) is 0.417. The lowest BCUT2D eigenvalue weighted by atomic mass is 10.2. The second kappa shape index (κ2) is 6.75. The summed E-state index contributed by atoms with van der Waals surface area (Å²) in [7, 11) is 1.58. The van der Waals surface area contributed by atoms with Crippen molar-refractivity contribution < 1.29 is 14.3 Å². The molecule has 0 aliphatic carbocycles. The number of nitrogens with one attached hydrogen (secondary N) is 1. The van der Waals surface area contributed by atoms with E-state index in [1.807, 2.05) is 19.1 Å². The fourth-order valence-corrected chi connectivity index (χ4v) is 1.35. The quantitative estimate of drug-likeness (QED) is 0.732. The number of carbonyl (C=O) groups excluding carboxylic acids is 1. The smallest absolute Gasteiger partial charge is 0.255 e. The van der Waals surface area contributed by atoms with Crippen LogP contribution in [0.3, 0.4) is 0 Å². The number of ether oxygens (including phenoxy) is 2. The van der Waals surface area contributed by atoms with Crippen LogP contribution in [0.5, 0.6) is 11.5 Å². The molecule has 0 fully saturated rings. The van der Waals surface area contributed by atoms with Crippen molar-refractivity contribution in [3.05, 3.63) is 23.8 Å². The minimum Gasteiger partial charge on any atom is -0.497 e. The number of benzene rings is 1. The number of primary amides is 1. The van der Waals surface area contributed by atoms with Gasteiger partial charge in [-0.2, -0.15) is 0 Å². The molecule has 3 N–H and O–H groups in total. The monoisotopic (exact) mass is 238 g/mol. The number of nitrogens with two attached hydrogens (primary N) is 1.